The molecule has 0 saturated carbocycles. The summed E-state index contributed by atoms with van der Waals surface area (Å²) in [5.74, 6) is -0.944. The minimum atomic E-state index is -0.389. The first-order chi connectivity index (χ1) is 10.4. The standard InChI is InChI=1S/C15H22N4O3/c1-4-12-7-5-6-8-13(12)16-14(21)9-19(3)10-15(22)18-17-11(2)20/h5-8H,4,9-10H2,1-3H3,(H,16,21)(H,17,20)(H,18,22). The number of nitrogens with one attached hydrogen (secondary N) is 3. The largest absolute Gasteiger partial charge is 0.325 e. The third-order valence-corrected chi connectivity index (χ3v) is 2.88. The van der Waals surface area contributed by atoms with Crippen LogP contribution in [0.4, 0.5) is 5.69 Å². The van der Waals surface area contributed by atoms with E-state index < -0.39 is 0 Å². The Kier molecular flexibility index (Phi) is 7.04. The second-order valence-corrected chi connectivity index (χ2v) is 4.96. The molecule has 0 aliphatic heterocycles. The maximum absolute atomic E-state index is 12.0. The van der Waals surface area contributed by atoms with Crippen LogP contribution in [0.2, 0.25) is 0 Å². The smallest absolute Gasteiger partial charge is 0.252 e. The predicted molar refractivity (Wildman–Crippen MR) is 83.9 cm³/mol. The third-order valence-electron chi connectivity index (χ3n) is 2.88. The van der Waals surface area contributed by atoms with E-state index in [2.05, 4.69) is 16.2 Å². The second kappa shape index (κ2) is 8.78. The Morgan fingerprint density at radius 3 is 2.32 bits per heavy atom. The highest BCUT2D eigenvalue weighted by Crippen LogP contribution is 2.15. The first-order valence-electron chi connectivity index (χ1n) is 7.04. The summed E-state index contributed by atoms with van der Waals surface area (Å²) >= 11 is 0. The number of anilines is 1. The number of hydrogen-bond donors (Lipinski definition) is 3. The number of hydrazine groups is 1. The zero-order chi connectivity index (χ0) is 16.5. The van der Waals surface area contributed by atoms with E-state index in [0.717, 1.165) is 17.7 Å². The van der Waals surface area contributed by atoms with Crippen LogP contribution < -0.4 is 16.2 Å². The molecule has 22 heavy (non-hydrogen) atoms. The average molecular weight is 306 g/mol. The highest BCUT2D eigenvalue weighted by molar-refractivity contribution is 5.93. The minimum absolute atomic E-state index is 0.00310. The van der Waals surface area contributed by atoms with Gasteiger partial charge in [-0.05, 0) is 25.1 Å². The summed E-state index contributed by atoms with van der Waals surface area (Å²) in [5, 5.41) is 2.83. The van der Waals surface area contributed by atoms with Crippen LogP contribution in [0.15, 0.2) is 24.3 Å². The van der Waals surface area contributed by atoms with Crippen molar-refractivity contribution in [2.24, 2.45) is 0 Å². The van der Waals surface area contributed by atoms with Gasteiger partial charge in [0.15, 0.2) is 0 Å². The number of likely N-dealkylation sites (N-methyl/N-ethyl adjacent to an activating group) is 1. The molecule has 0 atom stereocenters. The van der Waals surface area contributed by atoms with Crippen molar-refractivity contribution in [3.63, 3.8) is 0 Å². The molecule has 0 bridgehead atoms. The Labute approximate surface area is 130 Å². The molecule has 0 radical (unpaired) electrons. The van der Waals surface area contributed by atoms with Gasteiger partial charge >= 0.3 is 0 Å². The summed E-state index contributed by atoms with van der Waals surface area (Å²) in [6.07, 6.45) is 0.825. The molecule has 7 heteroatoms. The number of carbonyl (C=O) groups is 3. The van der Waals surface area contributed by atoms with E-state index >= 15 is 0 Å². The minimum Gasteiger partial charge on any atom is -0.325 e. The van der Waals surface area contributed by atoms with Crippen LogP contribution in [0, 0.1) is 0 Å². The number of benzene rings is 1. The number of carbonyl (C=O) groups excluding carboxylic acids is 3. The SMILES string of the molecule is CCc1ccccc1NC(=O)CN(C)CC(=O)NNC(C)=O. The quantitative estimate of drug-likeness (QED) is 0.659. The van der Waals surface area contributed by atoms with E-state index in [0.29, 0.717) is 0 Å². The summed E-state index contributed by atoms with van der Waals surface area (Å²) in [6.45, 7) is 3.39. The van der Waals surface area contributed by atoms with Crippen LogP contribution in [0.1, 0.15) is 19.4 Å². The topological polar surface area (TPSA) is 90.5 Å². The fraction of sp³-hybridized carbons (Fsp3) is 0.400. The second-order valence-electron chi connectivity index (χ2n) is 4.96. The molecule has 0 unspecified atom stereocenters. The number of para-hydroxylation sites is 1. The van der Waals surface area contributed by atoms with Gasteiger partial charge in [-0.2, -0.15) is 0 Å². The van der Waals surface area contributed by atoms with E-state index in [1.165, 1.54) is 6.92 Å². The number of aryl methyl sites for hydroxylation is 1. The lowest BCUT2D eigenvalue weighted by molar-refractivity contribution is -0.128. The van der Waals surface area contributed by atoms with Gasteiger partial charge in [-0.3, -0.25) is 30.1 Å². The fourth-order valence-electron chi connectivity index (χ4n) is 1.88. The molecule has 0 fully saturated rings. The molecular formula is C15H22N4O3. The van der Waals surface area contributed by atoms with Crippen LogP contribution >= 0.6 is 0 Å². The van der Waals surface area contributed by atoms with Gasteiger partial charge in [-0.25, -0.2) is 0 Å². The third kappa shape index (κ3) is 6.36. The van der Waals surface area contributed by atoms with E-state index in [9.17, 15) is 14.4 Å². The van der Waals surface area contributed by atoms with Gasteiger partial charge < -0.3 is 5.32 Å². The molecule has 0 spiro atoms. The van der Waals surface area contributed by atoms with Crippen molar-refractivity contribution in [1.82, 2.24) is 15.8 Å². The normalized spacial score (nSPS) is 10.2. The zero-order valence-electron chi connectivity index (χ0n) is 13.1. The van der Waals surface area contributed by atoms with Crippen molar-refractivity contribution < 1.29 is 14.4 Å². The molecule has 1 aromatic rings. The molecule has 3 N–H and O–H groups in total. The van der Waals surface area contributed by atoms with Crippen LogP contribution in [-0.4, -0.2) is 42.8 Å². The highest BCUT2D eigenvalue weighted by Gasteiger charge is 2.12. The summed E-state index contributed by atoms with van der Waals surface area (Å²) < 4.78 is 0. The lowest BCUT2D eigenvalue weighted by Gasteiger charge is -2.16. The van der Waals surface area contributed by atoms with E-state index in [1.807, 2.05) is 31.2 Å². The van der Waals surface area contributed by atoms with Crippen LogP contribution in [-0.2, 0) is 20.8 Å². The summed E-state index contributed by atoms with van der Waals surface area (Å²) in [6, 6.07) is 7.59. The number of hydrogen-bond acceptors (Lipinski definition) is 4. The molecule has 0 saturated heterocycles. The first-order valence-corrected chi connectivity index (χ1v) is 7.04. The monoisotopic (exact) mass is 306 g/mol. The van der Waals surface area contributed by atoms with E-state index in [-0.39, 0.29) is 30.8 Å². The maximum Gasteiger partial charge on any atom is 0.252 e. The summed E-state index contributed by atoms with van der Waals surface area (Å²) in [4.78, 5) is 35.7. The maximum atomic E-state index is 12.0. The molecule has 0 aromatic heterocycles. The van der Waals surface area contributed by atoms with Gasteiger partial charge in [0.2, 0.25) is 11.8 Å². The molecule has 0 aliphatic carbocycles. The van der Waals surface area contributed by atoms with Crippen molar-refractivity contribution >= 4 is 23.4 Å². The number of nitrogens with zero attached hydrogens (tertiary/aromatic N) is 1. The van der Waals surface area contributed by atoms with Crippen LogP contribution in [0.3, 0.4) is 0 Å². The first kappa shape index (κ1) is 17.6. The fourth-order valence-corrected chi connectivity index (χ4v) is 1.88. The molecule has 3 amide bonds. The van der Waals surface area contributed by atoms with Crippen molar-refractivity contribution in [3.05, 3.63) is 29.8 Å². The van der Waals surface area contributed by atoms with Gasteiger partial charge in [0.05, 0.1) is 13.1 Å². The lowest BCUT2D eigenvalue weighted by Crippen LogP contribution is -2.46. The molecular weight excluding hydrogens is 284 g/mol. The van der Waals surface area contributed by atoms with Gasteiger partial charge in [0, 0.05) is 12.6 Å². The van der Waals surface area contributed by atoms with Crippen LogP contribution in [0.5, 0.6) is 0 Å². The summed E-state index contributed by atoms with van der Waals surface area (Å²) in [5.41, 5.74) is 6.28. The van der Waals surface area contributed by atoms with E-state index in [1.54, 1.807) is 11.9 Å². The van der Waals surface area contributed by atoms with Crippen molar-refractivity contribution in [2.45, 2.75) is 20.3 Å². The molecule has 1 rings (SSSR count). The Balaban J connectivity index is 2.44. The molecule has 120 valence electrons. The molecule has 0 heterocycles. The van der Waals surface area contributed by atoms with Crippen LogP contribution in [0.25, 0.3) is 0 Å². The van der Waals surface area contributed by atoms with Crippen molar-refractivity contribution in [1.29, 1.82) is 0 Å². The van der Waals surface area contributed by atoms with Gasteiger partial charge in [-0.15, -0.1) is 0 Å². The molecule has 7 nitrogen and oxygen atoms in total. The highest BCUT2D eigenvalue weighted by atomic mass is 16.2. The lowest BCUT2D eigenvalue weighted by atomic mass is 10.1. The number of amides is 3. The molecule has 1 aromatic carbocycles. The zero-order valence-corrected chi connectivity index (χ0v) is 13.1. The van der Waals surface area contributed by atoms with Gasteiger partial charge in [0.25, 0.3) is 5.91 Å². The van der Waals surface area contributed by atoms with Crippen molar-refractivity contribution in [3.8, 4) is 0 Å². The average Bonchev–Trinajstić information content (AvgIpc) is 2.45. The van der Waals surface area contributed by atoms with E-state index in [4.69, 9.17) is 0 Å². The Bertz CT molecular complexity index is 545. The predicted octanol–water partition coefficient (Wildman–Crippen LogP) is 0.287. The Morgan fingerprint density at radius 1 is 1.05 bits per heavy atom. The van der Waals surface area contributed by atoms with Gasteiger partial charge in [0.1, 0.15) is 0 Å². The molecule has 0 aliphatic rings. The Hall–Kier alpha value is -2.41. The summed E-state index contributed by atoms with van der Waals surface area (Å²) in [7, 11) is 1.65. The van der Waals surface area contributed by atoms with Gasteiger partial charge in [-0.1, -0.05) is 25.1 Å². The number of rotatable bonds is 6. The van der Waals surface area contributed by atoms with Crippen molar-refractivity contribution in [2.75, 3.05) is 25.5 Å². The Morgan fingerprint density at radius 2 is 1.68 bits per heavy atom.